The fourth-order valence-electron chi connectivity index (χ4n) is 8.94. The summed E-state index contributed by atoms with van der Waals surface area (Å²) in [4.78, 5) is 2.44. The average molecular weight is 662 g/mol. The number of nitrogens with zero attached hydrogens (tertiary/aromatic N) is 2. The van der Waals surface area contributed by atoms with Crippen LogP contribution in [-0.2, 0) is 36.5 Å². The zero-order valence-corrected chi connectivity index (χ0v) is 29.6. The molecule has 0 spiro atoms. The Balaban J connectivity index is 1.28. The van der Waals surface area contributed by atoms with Crippen molar-refractivity contribution < 1.29 is 4.58 Å². The minimum absolute atomic E-state index is 0.237. The van der Waals surface area contributed by atoms with E-state index in [4.69, 9.17) is 0 Å². The van der Waals surface area contributed by atoms with Crippen LogP contribution in [0.3, 0.4) is 0 Å². The lowest BCUT2D eigenvalue weighted by Gasteiger charge is -2.33. The maximum Gasteiger partial charge on any atom is 0.209 e. The molecule has 0 fully saturated rings. The highest BCUT2D eigenvalue weighted by atomic mass is 15.2. The van der Waals surface area contributed by atoms with Gasteiger partial charge in [0.2, 0.25) is 5.69 Å². The molecule has 0 radical (unpaired) electrons. The van der Waals surface area contributed by atoms with Gasteiger partial charge in [-0.15, -0.1) is 0 Å². The van der Waals surface area contributed by atoms with Crippen molar-refractivity contribution >= 4 is 17.1 Å². The number of fused-ring (bicyclic) bond motifs is 2. The van der Waals surface area contributed by atoms with Gasteiger partial charge in [0.15, 0.2) is 5.71 Å². The molecule has 8 rings (SSSR count). The van der Waals surface area contributed by atoms with Gasteiger partial charge in [-0.2, -0.15) is 4.58 Å². The second-order valence-electron chi connectivity index (χ2n) is 14.3. The third-order valence-corrected chi connectivity index (χ3v) is 11.2. The topological polar surface area (TPSA) is 6.25 Å². The molecule has 2 nitrogen and oxygen atoms in total. The molecular weight excluding hydrogens is 617 g/mol. The van der Waals surface area contributed by atoms with E-state index in [1.807, 2.05) is 0 Å². The molecule has 0 amide bonds. The number of hydrogen-bond donors (Lipinski definition) is 0. The fraction of sp³-hybridized carbons (Fsp3) is 0.163. The molecule has 2 aliphatic rings. The lowest BCUT2D eigenvalue weighted by Crippen LogP contribution is -2.39. The Kier molecular flexibility index (Phi) is 8.84. The summed E-state index contributed by atoms with van der Waals surface area (Å²) >= 11 is 0. The standard InChI is InChI=1S/C49H45N2/c1-50-44-30-17-15-28-42(44)48(34-38-20-7-3-8-21-38,35-39-22-9-4-10-23-39)46(50)32-19-33-47-49(36-40-24-11-5-12-25-40,37-41-26-13-6-14-27-41)43-29-16-18-31-45(43)51(47)2/h3-33H,34-37H2,1-2H3/q+1. The van der Waals surface area contributed by atoms with E-state index in [0.29, 0.717) is 0 Å². The third-order valence-electron chi connectivity index (χ3n) is 11.2. The van der Waals surface area contributed by atoms with Crippen molar-refractivity contribution in [1.29, 1.82) is 0 Å². The molecule has 0 N–H and O–H groups in total. The van der Waals surface area contributed by atoms with Crippen molar-refractivity contribution in [2.45, 2.75) is 36.5 Å². The normalized spacial score (nSPS) is 16.5. The highest BCUT2D eigenvalue weighted by Crippen LogP contribution is 2.51. The van der Waals surface area contributed by atoms with Crippen molar-refractivity contribution in [1.82, 2.24) is 0 Å². The second kappa shape index (κ2) is 13.9. The van der Waals surface area contributed by atoms with Crippen LogP contribution in [0.4, 0.5) is 11.4 Å². The predicted molar refractivity (Wildman–Crippen MR) is 213 cm³/mol. The van der Waals surface area contributed by atoms with Crippen LogP contribution in [-0.4, -0.2) is 24.4 Å². The molecule has 0 bridgehead atoms. The van der Waals surface area contributed by atoms with Gasteiger partial charge >= 0.3 is 0 Å². The number of likely N-dealkylation sites (N-methyl/N-ethyl adjacent to an activating group) is 1. The first-order valence-electron chi connectivity index (χ1n) is 18.2. The van der Waals surface area contributed by atoms with Crippen molar-refractivity contribution in [3.8, 4) is 0 Å². The average Bonchev–Trinajstić information content (AvgIpc) is 3.53. The smallest absolute Gasteiger partial charge is 0.209 e. The molecule has 0 aliphatic carbocycles. The van der Waals surface area contributed by atoms with Crippen LogP contribution in [0.2, 0.25) is 0 Å². The molecule has 2 aliphatic heterocycles. The highest BCUT2D eigenvalue weighted by molar-refractivity contribution is 6.04. The van der Waals surface area contributed by atoms with E-state index in [2.05, 4.69) is 212 Å². The Morgan fingerprint density at radius 1 is 0.490 bits per heavy atom. The third kappa shape index (κ3) is 6.06. The number of rotatable bonds is 10. The second-order valence-corrected chi connectivity index (χ2v) is 14.3. The number of benzene rings is 6. The van der Waals surface area contributed by atoms with Gasteiger partial charge in [0, 0.05) is 41.6 Å². The van der Waals surface area contributed by atoms with Crippen LogP contribution in [0, 0.1) is 0 Å². The van der Waals surface area contributed by atoms with E-state index in [1.54, 1.807) is 0 Å². The number of anilines is 1. The van der Waals surface area contributed by atoms with E-state index in [0.717, 1.165) is 25.7 Å². The molecule has 0 saturated carbocycles. The molecule has 0 saturated heterocycles. The van der Waals surface area contributed by atoms with Gasteiger partial charge in [-0.05, 0) is 65.6 Å². The molecule has 51 heavy (non-hydrogen) atoms. The lowest BCUT2D eigenvalue weighted by atomic mass is 9.69. The Hall–Kier alpha value is -5.73. The van der Waals surface area contributed by atoms with Gasteiger partial charge in [0.05, 0.1) is 5.41 Å². The Labute approximate surface area is 303 Å². The number of hydrogen-bond acceptors (Lipinski definition) is 1. The monoisotopic (exact) mass is 661 g/mol. The summed E-state index contributed by atoms with van der Waals surface area (Å²) in [7, 11) is 4.49. The quantitative estimate of drug-likeness (QED) is 0.132. The lowest BCUT2D eigenvalue weighted by molar-refractivity contribution is -0.401. The molecule has 0 aromatic heterocycles. The van der Waals surface area contributed by atoms with Gasteiger partial charge in [-0.25, -0.2) is 0 Å². The zero-order chi connectivity index (χ0) is 34.7. The predicted octanol–water partition coefficient (Wildman–Crippen LogP) is 10.5. The van der Waals surface area contributed by atoms with E-state index in [1.165, 1.54) is 56.2 Å². The molecule has 2 heteroatoms. The first-order valence-corrected chi connectivity index (χ1v) is 18.2. The van der Waals surface area contributed by atoms with Crippen LogP contribution in [0.1, 0.15) is 33.4 Å². The maximum absolute atomic E-state index is 2.44. The van der Waals surface area contributed by atoms with Gasteiger partial charge in [-0.3, -0.25) is 0 Å². The van der Waals surface area contributed by atoms with Gasteiger partial charge in [0.25, 0.3) is 0 Å². The summed E-state index contributed by atoms with van der Waals surface area (Å²) in [6, 6.07) is 62.1. The van der Waals surface area contributed by atoms with E-state index in [-0.39, 0.29) is 10.8 Å². The minimum atomic E-state index is -0.237. The van der Waals surface area contributed by atoms with Crippen LogP contribution in [0.15, 0.2) is 194 Å². The first-order chi connectivity index (χ1) is 25.1. The van der Waals surface area contributed by atoms with E-state index < -0.39 is 0 Å². The summed E-state index contributed by atoms with van der Waals surface area (Å²) in [6.45, 7) is 0. The van der Waals surface area contributed by atoms with Crippen molar-refractivity contribution in [3.63, 3.8) is 0 Å². The Morgan fingerprint density at radius 2 is 0.902 bits per heavy atom. The van der Waals surface area contributed by atoms with E-state index in [9.17, 15) is 0 Å². The van der Waals surface area contributed by atoms with E-state index >= 15 is 0 Å². The van der Waals surface area contributed by atoms with Crippen molar-refractivity contribution in [2.75, 3.05) is 19.0 Å². The fourth-order valence-corrected chi connectivity index (χ4v) is 8.94. The number of para-hydroxylation sites is 2. The van der Waals surface area contributed by atoms with Crippen molar-refractivity contribution in [3.05, 3.63) is 227 Å². The summed E-state index contributed by atoms with van der Waals surface area (Å²) in [6.07, 6.45) is 10.8. The SMILES string of the molecule is CN1C(=CC=CC2=[N+](C)c3ccccc3C2(Cc2ccccc2)Cc2ccccc2)C(Cc2ccccc2)(Cc2ccccc2)c2ccccc21. The van der Waals surface area contributed by atoms with Gasteiger partial charge < -0.3 is 4.90 Å². The maximum atomic E-state index is 2.44. The molecule has 0 unspecified atom stereocenters. The summed E-state index contributed by atoms with van der Waals surface area (Å²) in [5.74, 6) is 0. The van der Waals surface area contributed by atoms with Gasteiger partial charge in [0.1, 0.15) is 7.05 Å². The molecule has 2 heterocycles. The minimum Gasteiger partial charge on any atom is -0.347 e. The molecular formula is C49H45N2+. The Morgan fingerprint density at radius 3 is 1.41 bits per heavy atom. The largest absolute Gasteiger partial charge is 0.347 e. The molecule has 0 atom stereocenters. The van der Waals surface area contributed by atoms with Crippen LogP contribution >= 0.6 is 0 Å². The van der Waals surface area contributed by atoms with Crippen LogP contribution in [0.5, 0.6) is 0 Å². The summed E-state index contributed by atoms with van der Waals surface area (Å²) in [5.41, 5.74) is 12.9. The molecule has 6 aromatic carbocycles. The van der Waals surface area contributed by atoms with Crippen LogP contribution < -0.4 is 4.90 Å². The molecule has 250 valence electrons. The zero-order valence-electron chi connectivity index (χ0n) is 29.6. The van der Waals surface area contributed by atoms with Crippen molar-refractivity contribution in [2.24, 2.45) is 0 Å². The Bertz CT molecular complexity index is 2130. The van der Waals surface area contributed by atoms with Gasteiger partial charge in [-0.1, -0.05) is 164 Å². The molecule has 6 aromatic rings. The summed E-state index contributed by atoms with van der Waals surface area (Å²) < 4.78 is 2.44. The first kappa shape index (κ1) is 32.5. The van der Waals surface area contributed by atoms with Crippen LogP contribution in [0.25, 0.3) is 0 Å². The number of allylic oxidation sites excluding steroid dienone is 4. The summed E-state index contributed by atoms with van der Waals surface area (Å²) in [5, 5.41) is 0. The highest BCUT2D eigenvalue weighted by Gasteiger charge is 2.50.